The Labute approximate surface area is 165 Å². The zero-order valence-electron chi connectivity index (χ0n) is 15.5. The predicted molar refractivity (Wildman–Crippen MR) is 104 cm³/mol. The van der Waals surface area contributed by atoms with Crippen molar-refractivity contribution < 1.29 is 14.1 Å². The van der Waals surface area contributed by atoms with E-state index in [0.717, 1.165) is 28.0 Å². The molecule has 2 heterocycles. The van der Waals surface area contributed by atoms with Crippen LogP contribution in [-0.4, -0.2) is 20.8 Å². The summed E-state index contributed by atoms with van der Waals surface area (Å²) in [6.45, 7) is 7.01. The van der Waals surface area contributed by atoms with Gasteiger partial charge in [-0.3, -0.25) is 9.48 Å². The van der Waals surface area contributed by atoms with Gasteiger partial charge in [0.1, 0.15) is 18.1 Å². The molecule has 0 radical (unpaired) electrons. The highest BCUT2D eigenvalue weighted by molar-refractivity contribution is 9.10. The van der Waals surface area contributed by atoms with Crippen LogP contribution in [0.5, 0.6) is 5.75 Å². The number of nitrogens with one attached hydrogen (secondary N) is 1. The number of carbonyl (C=O) groups excluding carboxylic acids is 1. The van der Waals surface area contributed by atoms with Gasteiger partial charge in [-0.15, -0.1) is 0 Å². The Kier molecular flexibility index (Phi) is 5.95. The van der Waals surface area contributed by atoms with Crippen LogP contribution in [0.1, 0.15) is 40.0 Å². The Hall–Kier alpha value is -2.61. The van der Waals surface area contributed by atoms with Crippen molar-refractivity contribution in [3.8, 4) is 5.75 Å². The van der Waals surface area contributed by atoms with E-state index in [-0.39, 0.29) is 18.2 Å². The van der Waals surface area contributed by atoms with Crippen LogP contribution in [0.15, 0.2) is 39.5 Å². The Morgan fingerprint density at radius 1 is 1.37 bits per heavy atom. The second-order valence-electron chi connectivity index (χ2n) is 6.11. The van der Waals surface area contributed by atoms with Crippen molar-refractivity contribution in [2.45, 2.75) is 40.5 Å². The molecule has 0 bridgehead atoms. The number of amides is 1. The maximum Gasteiger partial charge on any atom is 0.274 e. The van der Waals surface area contributed by atoms with Gasteiger partial charge in [0.25, 0.3) is 5.91 Å². The van der Waals surface area contributed by atoms with Gasteiger partial charge in [0.15, 0.2) is 5.69 Å². The number of halogens is 1. The molecule has 2 aromatic heterocycles. The van der Waals surface area contributed by atoms with Crippen LogP contribution in [0.4, 0.5) is 0 Å². The SMILES string of the molecule is CCn1ncc(Br)c1CNC(=O)c1noc(C)c1COc1cccc(C)c1. The molecule has 0 atom stereocenters. The average Bonchev–Trinajstić information content (AvgIpc) is 3.20. The number of ether oxygens (including phenoxy) is 1. The van der Waals surface area contributed by atoms with E-state index in [0.29, 0.717) is 17.9 Å². The summed E-state index contributed by atoms with van der Waals surface area (Å²) in [5.74, 6) is 0.982. The summed E-state index contributed by atoms with van der Waals surface area (Å²) < 4.78 is 13.7. The van der Waals surface area contributed by atoms with E-state index in [1.54, 1.807) is 13.1 Å². The lowest BCUT2D eigenvalue weighted by Crippen LogP contribution is -2.26. The summed E-state index contributed by atoms with van der Waals surface area (Å²) in [4.78, 5) is 12.6. The Morgan fingerprint density at radius 3 is 2.93 bits per heavy atom. The fraction of sp³-hybridized carbons (Fsp3) is 0.316. The molecule has 0 spiro atoms. The first-order valence-corrected chi connectivity index (χ1v) is 9.42. The first-order valence-electron chi connectivity index (χ1n) is 8.62. The topological polar surface area (TPSA) is 82.2 Å². The number of hydrogen-bond donors (Lipinski definition) is 1. The Balaban J connectivity index is 1.69. The molecule has 0 aliphatic heterocycles. The average molecular weight is 433 g/mol. The fourth-order valence-electron chi connectivity index (χ4n) is 2.68. The summed E-state index contributed by atoms with van der Waals surface area (Å²) in [7, 11) is 0. The lowest BCUT2D eigenvalue weighted by molar-refractivity contribution is 0.0938. The minimum atomic E-state index is -0.314. The second kappa shape index (κ2) is 8.39. The summed E-state index contributed by atoms with van der Waals surface area (Å²) in [6.07, 6.45) is 1.71. The zero-order chi connectivity index (χ0) is 19.4. The van der Waals surface area contributed by atoms with Crippen molar-refractivity contribution in [2.75, 3.05) is 0 Å². The van der Waals surface area contributed by atoms with Crippen molar-refractivity contribution in [2.24, 2.45) is 0 Å². The molecule has 3 rings (SSSR count). The van der Waals surface area contributed by atoms with Gasteiger partial charge in [-0.25, -0.2) is 0 Å². The number of carbonyl (C=O) groups is 1. The minimum absolute atomic E-state index is 0.206. The lowest BCUT2D eigenvalue weighted by atomic mass is 10.2. The first-order chi connectivity index (χ1) is 13.0. The number of aryl methyl sites for hydroxylation is 3. The Bertz CT molecular complexity index is 948. The predicted octanol–water partition coefficient (Wildman–Crippen LogP) is 3.78. The highest BCUT2D eigenvalue weighted by Gasteiger charge is 2.21. The van der Waals surface area contributed by atoms with Gasteiger partial charge in [0.05, 0.1) is 28.5 Å². The first kappa shape index (κ1) is 19.2. The standard InChI is InChI=1S/C19H21BrN4O3/c1-4-24-17(16(20)9-22-24)10-21-19(25)18-15(13(3)27-23-18)11-26-14-7-5-6-12(2)8-14/h5-9H,4,10-11H2,1-3H3,(H,21,25). The molecule has 0 unspecified atom stereocenters. The van der Waals surface area contributed by atoms with Crippen molar-refractivity contribution >= 4 is 21.8 Å². The molecule has 0 aliphatic rings. The molecule has 142 valence electrons. The second-order valence-corrected chi connectivity index (χ2v) is 6.96. The number of benzene rings is 1. The smallest absolute Gasteiger partial charge is 0.274 e. The maximum absolute atomic E-state index is 12.6. The van der Waals surface area contributed by atoms with Crippen molar-refractivity contribution in [1.82, 2.24) is 20.3 Å². The van der Waals surface area contributed by atoms with E-state index in [1.807, 2.05) is 42.8 Å². The number of rotatable bonds is 7. The lowest BCUT2D eigenvalue weighted by Gasteiger charge is -2.09. The van der Waals surface area contributed by atoms with Crippen LogP contribution in [0.2, 0.25) is 0 Å². The van der Waals surface area contributed by atoms with Crippen LogP contribution in [0.3, 0.4) is 0 Å². The van der Waals surface area contributed by atoms with Crippen LogP contribution in [0.25, 0.3) is 0 Å². The monoisotopic (exact) mass is 432 g/mol. The third kappa shape index (κ3) is 4.39. The molecule has 0 saturated carbocycles. The minimum Gasteiger partial charge on any atom is -0.489 e. The van der Waals surface area contributed by atoms with Gasteiger partial charge in [-0.2, -0.15) is 5.10 Å². The van der Waals surface area contributed by atoms with E-state index in [1.165, 1.54) is 0 Å². The van der Waals surface area contributed by atoms with Crippen LogP contribution in [-0.2, 0) is 19.7 Å². The van der Waals surface area contributed by atoms with E-state index in [2.05, 4.69) is 31.5 Å². The van der Waals surface area contributed by atoms with Gasteiger partial charge in [-0.1, -0.05) is 17.3 Å². The highest BCUT2D eigenvalue weighted by Crippen LogP contribution is 2.20. The fourth-order valence-corrected chi connectivity index (χ4v) is 3.12. The normalized spacial score (nSPS) is 10.8. The van der Waals surface area contributed by atoms with E-state index >= 15 is 0 Å². The Morgan fingerprint density at radius 2 is 2.19 bits per heavy atom. The zero-order valence-corrected chi connectivity index (χ0v) is 17.0. The quantitative estimate of drug-likeness (QED) is 0.614. The van der Waals surface area contributed by atoms with E-state index in [4.69, 9.17) is 9.26 Å². The molecule has 27 heavy (non-hydrogen) atoms. The number of nitrogens with zero attached hydrogens (tertiary/aromatic N) is 3. The molecule has 3 aromatic rings. The van der Waals surface area contributed by atoms with Gasteiger partial charge in [0.2, 0.25) is 0 Å². The molecule has 0 fully saturated rings. The van der Waals surface area contributed by atoms with Crippen molar-refractivity contribution in [1.29, 1.82) is 0 Å². The molecule has 7 nitrogen and oxygen atoms in total. The molecule has 0 saturated heterocycles. The van der Waals surface area contributed by atoms with Crippen LogP contribution in [0, 0.1) is 13.8 Å². The molecular formula is C19H21BrN4O3. The van der Waals surface area contributed by atoms with Gasteiger partial charge in [0, 0.05) is 6.54 Å². The largest absolute Gasteiger partial charge is 0.489 e. The molecule has 1 N–H and O–H groups in total. The third-order valence-corrected chi connectivity index (χ3v) is 4.85. The van der Waals surface area contributed by atoms with E-state index in [9.17, 15) is 4.79 Å². The molecule has 0 aliphatic carbocycles. The number of hydrogen-bond acceptors (Lipinski definition) is 5. The molecule has 1 amide bonds. The van der Waals surface area contributed by atoms with E-state index < -0.39 is 0 Å². The molecule has 8 heteroatoms. The maximum atomic E-state index is 12.6. The third-order valence-electron chi connectivity index (χ3n) is 4.19. The number of aromatic nitrogens is 3. The van der Waals surface area contributed by atoms with Crippen molar-refractivity contribution in [3.63, 3.8) is 0 Å². The van der Waals surface area contributed by atoms with Crippen LogP contribution < -0.4 is 10.1 Å². The van der Waals surface area contributed by atoms with Gasteiger partial charge < -0.3 is 14.6 Å². The molecular weight excluding hydrogens is 412 g/mol. The van der Waals surface area contributed by atoms with Gasteiger partial charge >= 0.3 is 0 Å². The van der Waals surface area contributed by atoms with Gasteiger partial charge in [-0.05, 0) is 54.4 Å². The summed E-state index contributed by atoms with van der Waals surface area (Å²) >= 11 is 3.45. The summed E-state index contributed by atoms with van der Waals surface area (Å²) in [5.41, 5.74) is 2.87. The molecule has 1 aromatic carbocycles. The summed E-state index contributed by atoms with van der Waals surface area (Å²) in [5, 5.41) is 11.0. The highest BCUT2D eigenvalue weighted by atomic mass is 79.9. The van der Waals surface area contributed by atoms with Crippen molar-refractivity contribution in [3.05, 3.63) is 63.2 Å². The summed E-state index contributed by atoms with van der Waals surface area (Å²) in [6, 6.07) is 7.73. The van der Waals surface area contributed by atoms with Crippen LogP contribution >= 0.6 is 15.9 Å².